The first-order valence-electron chi connectivity index (χ1n) is 36.6. The van der Waals surface area contributed by atoms with E-state index in [0.717, 1.165) is 152 Å². The molecule has 6 saturated heterocycles. The summed E-state index contributed by atoms with van der Waals surface area (Å²) in [6, 6.07) is 0.816. The molecule has 8 rings (SSSR count). The largest absolute Gasteiger partial charge is 0.341 e. The molecule has 8 heterocycles. The molecule has 0 spiro atoms. The van der Waals surface area contributed by atoms with E-state index in [4.69, 9.17) is 39.6 Å². The third kappa shape index (κ3) is 18.9. The van der Waals surface area contributed by atoms with Gasteiger partial charge in [0.15, 0.2) is 0 Å². The Kier molecular flexibility index (Phi) is 22.1. The molecule has 4 N–H and O–H groups in total. The van der Waals surface area contributed by atoms with E-state index in [1.54, 1.807) is 0 Å². The summed E-state index contributed by atoms with van der Waals surface area (Å²) in [4.78, 5) is 60.8. The lowest BCUT2D eigenvalue weighted by Crippen LogP contribution is -2.62. The number of nitrogens with zero attached hydrogens (tertiary/aromatic N) is 14. The number of piperidine rings is 6. The highest BCUT2D eigenvalue weighted by Crippen LogP contribution is 2.46. The second-order valence-electron chi connectivity index (χ2n) is 38.7. The van der Waals surface area contributed by atoms with Crippen LogP contribution in [0.15, 0.2) is 0 Å². The van der Waals surface area contributed by atoms with Crippen LogP contribution in [0.25, 0.3) is 0 Å². The van der Waals surface area contributed by atoms with Crippen molar-refractivity contribution in [3.8, 4) is 0 Å². The predicted octanol–water partition coefficient (Wildman–Crippen LogP) is 12.6. The average molecular weight is 1310 g/mol. The van der Waals surface area contributed by atoms with Gasteiger partial charge in [-0.3, -0.25) is 0 Å². The smallest absolute Gasteiger partial charge is 0.232 e. The lowest BCUT2D eigenvalue weighted by molar-refractivity contribution is -0.272. The second kappa shape index (κ2) is 27.2. The van der Waals surface area contributed by atoms with Gasteiger partial charge < -0.3 is 60.3 Å². The van der Waals surface area contributed by atoms with Gasteiger partial charge in [0.1, 0.15) is 0 Å². The van der Waals surface area contributed by atoms with Crippen LogP contribution in [0.4, 0.5) is 35.7 Å². The van der Waals surface area contributed by atoms with Crippen LogP contribution in [-0.2, 0) is 9.68 Å². The van der Waals surface area contributed by atoms with Crippen LogP contribution >= 0.6 is 0 Å². The van der Waals surface area contributed by atoms with Crippen molar-refractivity contribution >= 4 is 35.7 Å². The Balaban J connectivity index is 1.26. The Morgan fingerprint density at radius 3 is 0.691 bits per heavy atom. The van der Waals surface area contributed by atoms with E-state index in [9.17, 15) is 0 Å². The van der Waals surface area contributed by atoms with Crippen LogP contribution in [0.3, 0.4) is 0 Å². The van der Waals surface area contributed by atoms with Crippen LogP contribution < -0.4 is 50.7 Å². The number of rotatable bonds is 23. The quantitative estimate of drug-likeness (QED) is 0.0828. The summed E-state index contributed by atoms with van der Waals surface area (Å²) in [6.07, 6.45) is 16.1. The minimum atomic E-state index is -0.110. The van der Waals surface area contributed by atoms with Gasteiger partial charge in [0.05, 0.1) is 14.2 Å². The minimum Gasteiger partial charge on any atom is -0.341 e. The van der Waals surface area contributed by atoms with E-state index < -0.39 is 0 Å². The minimum absolute atomic E-state index is 0.0753. The zero-order chi connectivity index (χ0) is 70.2. The molecule has 0 bridgehead atoms. The molecule has 0 aliphatic carbocycles. The number of hydrogen-bond acceptors (Lipinski definition) is 20. The van der Waals surface area contributed by atoms with Crippen LogP contribution in [-0.4, -0.2) is 199 Å². The second-order valence-corrected chi connectivity index (χ2v) is 38.7. The molecule has 6 fully saturated rings. The molecule has 6 aliphatic heterocycles. The first kappa shape index (κ1) is 76.3. The Morgan fingerprint density at radius 1 is 0.309 bits per heavy atom. The molecule has 0 saturated carbocycles. The monoisotopic (exact) mass is 1310 g/mol. The first-order valence-corrected chi connectivity index (χ1v) is 36.6. The van der Waals surface area contributed by atoms with Crippen molar-refractivity contribution in [2.75, 3.05) is 98.0 Å². The summed E-state index contributed by atoms with van der Waals surface area (Å²) >= 11 is 0. The van der Waals surface area contributed by atoms with Crippen molar-refractivity contribution in [1.82, 2.24) is 61.3 Å². The molecule has 20 heteroatoms. The topological polar surface area (TPSA) is 170 Å². The maximum Gasteiger partial charge on any atom is 0.232 e. The maximum atomic E-state index is 6.13. The fourth-order valence-corrected chi connectivity index (χ4v) is 20.8. The van der Waals surface area contributed by atoms with Crippen molar-refractivity contribution in [1.29, 1.82) is 0 Å². The Labute approximate surface area is 573 Å². The fourth-order valence-electron chi connectivity index (χ4n) is 20.8. The molecule has 2 aromatic rings. The van der Waals surface area contributed by atoms with Gasteiger partial charge in [-0.15, -0.1) is 0 Å². The van der Waals surface area contributed by atoms with Gasteiger partial charge in [-0.05, 0) is 281 Å². The molecule has 538 valence electrons. The summed E-state index contributed by atoms with van der Waals surface area (Å²) in [6.45, 7) is 59.1. The first-order chi connectivity index (χ1) is 42.8. The van der Waals surface area contributed by atoms with Gasteiger partial charge >= 0.3 is 0 Å². The van der Waals surface area contributed by atoms with E-state index in [-0.39, 0.29) is 90.6 Å². The highest BCUT2D eigenvalue weighted by Gasteiger charge is 2.49. The van der Waals surface area contributed by atoms with E-state index >= 15 is 0 Å². The number of aromatic nitrogens is 6. The SMILES string of the molecule is CON1C(C)(C)CC(CCCN(CCN(CCCC2CC(C)(C)N(OC)C(C)(C)C2)c2nc(N(C)C3CC(C)(C)NC(C)(C)C3)nc(N(C)C3CC(C)(C)NC(C)(C)C3)n2)c2nc(N(C)C3CC(C)(C)NC(C)(C)C3)nc(N(C)C3CC(C)(C)NC(C)(C)C3)n2)CC1(C)C. The molecular formula is C74H140N18O2. The molecule has 0 atom stereocenters. The Bertz CT molecular complexity index is 2450. The van der Waals surface area contributed by atoms with E-state index in [1.807, 2.05) is 14.2 Å². The number of hydrogen-bond donors (Lipinski definition) is 4. The molecule has 94 heavy (non-hydrogen) atoms. The van der Waals surface area contributed by atoms with Gasteiger partial charge in [0.2, 0.25) is 35.7 Å². The summed E-state index contributed by atoms with van der Waals surface area (Å²) in [7, 11) is 12.6. The summed E-state index contributed by atoms with van der Waals surface area (Å²) < 4.78 is 0. The van der Waals surface area contributed by atoms with E-state index in [1.165, 1.54) is 0 Å². The zero-order valence-electron chi connectivity index (χ0n) is 65.7. The lowest BCUT2D eigenvalue weighted by Gasteiger charge is -2.53. The molecule has 0 aromatic carbocycles. The lowest BCUT2D eigenvalue weighted by atomic mass is 9.73. The van der Waals surface area contributed by atoms with Crippen molar-refractivity contribution in [2.24, 2.45) is 11.8 Å². The third-order valence-corrected chi connectivity index (χ3v) is 22.3. The third-order valence-electron chi connectivity index (χ3n) is 22.3. The van der Waals surface area contributed by atoms with Crippen molar-refractivity contribution < 1.29 is 9.68 Å². The predicted molar refractivity (Wildman–Crippen MR) is 393 cm³/mol. The normalized spacial score (nSPS) is 26.0. The van der Waals surface area contributed by atoms with Gasteiger partial charge in [0.25, 0.3) is 0 Å². The molecule has 0 radical (unpaired) electrons. The molecule has 0 amide bonds. The summed E-state index contributed by atoms with van der Waals surface area (Å²) in [5.74, 6) is 5.41. The molecular weight excluding hydrogens is 1170 g/mol. The molecule has 6 aliphatic rings. The summed E-state index contributed by atoms with van der Waals surface area (Å²) in [5, 5.41) is 20.3. The number of nitrogens with one attached hydrogen (secondary N) is 4. The van der Waals surface area contributed by atoms with Gasteiger partial charge in [-0.2, -0.15) is 40.0 Å². The van der Waals surface area contributed by atoms with E-state index in [2.05, 4.69) is 255 Å². The molecule has 0 unspecified atom stereocenters. The van der Waals surface area contributed by atoms with Crippen molar-refractivity contribution in [3.63, 3.8) is 0 Å². The van der Waals surface area contributed by atoms with Crippen LogP contribution in [0.1, 0.15) is 269 Å². The molecule has 20 nitrogen and oxygen atoms in total. The number of anilines is 6. The van der Waals surface area contributed by atoms with Crippen LogP contribution in [0, 0.1) is 11.8 Å². The average Bonchev–Trinajstić information content (AvgIpc) is 0.794. The highest BCUT2D eigenvalue weighted by atomic mass is 16.7. The highest BCUT2D eigenvalue weighted by molar-refractivity contribution is 5.50. The summed E-state index contributed by atoms with van der Waals surface area (Å²) in [5.41, 5.74) is -1.04. The Hall–Kier alpha value is -3.50. The van der Waals surface area contributed by atoms with Crippen molar-refractivity contribution in [2.45, 2.75) is 360 Å². The molecule has 2 aromatic heterocycles. The van der Waals surface area contributed by atoms with Gasteiger partial charge in [-0.1, -0.05) is 0 Å². The van der Waals surface area contributed by atoms with Gasteiger partial charge in [-0.25, -0.2) is 0 Å². The van der Waals surface area contributed by atoms with Crippen LogP contribution in [0.2, 0.25) is 0 Å². The fraction of sp³-hybridized carbons (Fsp3) is 0.919. The Morgan fingerprint density at radius 2 is 0.500 bits per heavy atom. The van der Waals surface area contributed by atoms with Crippen LogP contribution in [0.5, 0.6) is 0 Å². The zero-order valence-corrected chi connectivity index (χ0v) is 65.7. The number of hydroxylamine groups is 4. The maximum absolute atomic E-state index is 6.13. The van der Waals surface area contributed by atoms with E-state index in [0.29, 0.717) is 24.9 Å². The van der Waals surface area contributed by atoms with Crippen molar-refractivity contribution in [3.05, 3.63) is 0 Å². The van der Waals surface area contributed by atoms with Gasteiger partial charge in [0, 0.05) is 145 Å². The standard InChI is InChI=1S/C74H140N18O2/c1-63(2)43-53(44-64(3,4)81-63)85(25)57-75-58(86(26)54-45-65(5,6)82-66(7,8)46-54)78-61(77-57)89(35-31-33-51-39-71(17,18)91(93-29)72(19,20)40-51)37-38-90(36-32-34-52-41-73(21,22)92(94-30)74(23,24)42-52)62-79-59(87(27)55-47-67(9,10)83-68(11,12)48-55)76-60(80-62)88(28)56-49-69(13,14)84-70(15,16)50-56/h51-56,81-84H,31-50H2,1-30H3.